The minimum absolute atomic E-state index is 0.241. The minimum Gasteiger partial charge on any atom is -0.320 e. The van der Waals surface area contributed by atoms with Crippen LogP contribution in [0, 0.1) is 17.1 Å². The van der Waals surface area contributed by atoms with Crippen molar-refractivity contribution < 1.29 is 4.39 Å². The Balaban J connectivity index is 1.71. The predicted octanol–water partition coefficient (Wildman–Crippen LogP) is 5.27. The van der Waals surface area contributed by atoms with Gasteiger partial charge in [0.05, 0.1) is 22.7 Å². The molecule has 4 heteroatoms. The van der Waals surface area contributed by atoms with E-state index in [-0.39, 0.29) is 5.82 Å². The maximum atomic E-state index is 13.2. The number of hydrogen-bond acceptors (Lipinski definition) is 2. The van der Waals surface area contributed by atoms with Crippen molar-refractivity contribution in [3.63, 3.8) is 0 Å². The highest BCUT2D eigenvalue weighted by atomic mass is 19.1. The van der Waals surface area contributed by atoms with Gasteiger partial charge in [0.2, 0.25) is 0 Å². The molecule has 0 N–H and O–H groups in total. The molecule has 0 atom stereocenters. The molecule has 3 aromatic carbocycles. The van der Waals surface area contributed by atoms with Gasteiger partial charge in [0.15, 0.2) is 0 Å². The Morgan fingerprint density at radius 2 is 1.67 bits per heavy atom. The summed E-state index contributed by atoms with van der Waals surface area (Å²) in [5.41, 5.74) is 4.58. The summed E-state index contributed by atoms with van der Waals surface area (Å²) in [6.45, 7) is 0.605. The van der Waals surface area contributed by atoms with E-state index >= 15 is 0 Å². The average Bonchev–Trinajstić information content (AvgIpc) is 3.06. The Kier molecular flexibility index (Phi) is 4.51. The van der Waals surface area contributed by atoms with E-state index < -0.39 is 0 Å². The number of nitriles is 1. The van der Waals surface area contributed by atoms with Crippen LogP contribution in [0.5, 0.6) is 0 Å². The van der Waals surface area contributed by atoms with E-state index in [1.807, 2.05) is 48.6 Å². The number of fused-ring (bicyclic) bond motifs is 1. The SMILES string of the molecule is N#Cc1ccc(C=Cc2nc3ccccc3n2Cc2ccc(F)cc2)cc1. The second-order valence-corrected chi connectivity index (χ2v) is 6.24. The van der Waals surface area contributed by atoms with Crippen LogP contribution in [0.1, 0.15) is 22.5 Å². The Morgan fingerprint density at radius 1 is 0.926 bits per heavy atom. The first-order chi connectivity index (χ1) is 13.2. The number of imidazole rings is 1. The van der Waals surface area contributed by atoms with Gasteiger partial charge in [-0.05, 0) is 53.6 Å². The van der Waals surface area contributed by atoms with Gasteiger partial charge in [0, 0.05) is 6.54 Å². The predicted molar refractivity (Wildman–Crippen MR) is 105 cm³/mol. The molecule has 0 fully saturated rings. The van der Waals surface area contributed by atoms with Gasteiger partial charge in [0.25, 0.3) is 0 Å². The van der Waals surface area contributed by atoms with Crippen LogP contribution in [0.4, 0.5) is 4.39 Å². The number of halogens is 1. The number of benzene rings is 3. The molecule has 0 aliphatic carbocycles. The molecule has 0 bridgehead atoms. The smallest absolute Gasteiger partial charge is 0.134 e. The van der Waals surface area contributed by atoms with Crippen molar-refractivity contribution in [3.8, 4) is 6.07 Å². The fraction of sp³-hybridized carbons (Fsp3) is 0.0435. The first-order valence-corrected chi connectivity index (χ1v) is 8.61. The van der Waals surface area contributed by atoms with E-state index in [0.29, 0.717) is 12.1 Å². The molecule has 4 aromatic rings. The van der Waals surface area contributed by atoms with Gasteiger partial charge in [-0.25, -0.2) is 9.37 Å². The van der Waals surface area contributed by atoms with Crippen molar-refractivity contribution in [3.05, 3.63) is 101 Å². The highest BCUT2D eigenvalue weighted by molar-refractivity contribution is 5.80. The van der Waals surface area contributed by atoms with E-state index in [1.165, 1.54) is 12.1 Å². The molecule has 1 heterocycles. The summed E-state index contributed by atoms with van der Waals surface area (Å²) in [5, 5.41) is 8.91. The molecular formula is C23H16FN3. The fourth-order valence-corrected chi connectivity index (χ4v) is 3.00. The molecule has 3 nitrogen and oxygen atoms in total. The fourth-order valence-electron chi connectivity index (χ4n) is 3.00. The summed E-state index contributed by atoms with van der Waals surface area (Å²) in [6, 6.07) is 24.0. The number of nitrogens with zero attached hydrogens (tertiary/aromatic N) is 3. The summed E-state index contributed by atoms with van der Waals surface area (Å²) >= 11 is 0. The van der Waals surface area contributed by atoms with Crippen LogP contribution in [0.25, 0.3) is 23.2 Å². The highest BCUT2D eigenvalue weighted by Gasteiger charge is 2.09. The van der Waals surface area contributed by atoms with Gasteiger partial charge in [-0.1, -0.05) is 42.5 Å². The quantitative estimate of drug-likeness (QED) is 0.502. The maximum Gasteiger partial charge on any atom is 0.134 e. The molecule has 0 spiro atoms. The summed E-state index contributed by atoms with van der Waals surface area (Å²) < 4.78 is 15.3. The number of rotatable bonds is 4. The Hall–Kier alpha value is -3.71. The normalized spacial score (nSPS) is 11.1. The molecule has 130 valence electrons. The molecule has 0 saturated heterocycles. The Morgan fingerprint density at radius 3 is 2.41 bits per heavy atom. The third-order valence-corrected chi connectivity index (χ3v) is 4.40. The van der Waals surface area contributed by atoms with E-state index in [0.717, 1.165) is 28.0 Å². The third kappa shape index (κ3) is 3.63. The first kappa shape index (κ1) is 16.7. The van der Waals surface area contributed by atoms with E-state index in [9.17, 15) is 4.39 Å². The molecule has 0 radical (unpaired) electrons. The molecule has 1 aromatic heterocycles. The molecular weight excluding hydrogens is 337 g/mol. The van der Waals surface area contributed by atoms with Crippen molar-refractivity contribution in [1.29, 1.82) is 5.26 Å². The molecule has 0 amide bonds. The van der Waals surface area contributed by atoms with Crippen LogP contribution in [0.3, 0.4) is 0 Å². The minimum atomic E-state index is -0.241. The van der Waals surface area contributed by atoms with E-state index in [4.69, 9.17) is 10.2 Å². The highest BCUT2D eigenvalue weighted by Crippen LogP contribution is 2.20. The van der Waals surface area contributed by atoms with Gasteiger partial charge in [-0.3, -0.25) is 0 Å². The first-order valence-electron chi connectivity index (χ1n) is 8.61. The summed E-state index contributed by atoms with van der Waals surface area (Å²) in [5.74, 6) is 0.583. The van der Waals surface area contributed by atoms with Gasteiger partial charge in [-0.2, -0.15) is 5.26 Å². The van der Waals surface area contributed by atoms with Crippen LogP contribution < -0.4 is 0 Å². The lowest BCUT2D eigenvalue weighted by atomic mass is 10.1. The van der Waals surface area contributed by atoms with Crippen LogP contribution in [-0.4, -0.2) is 9.55 Å². The summed E-state index contributed by atoms with van der Waals surface area (Å²) in [4.78, 5) is 4.72. The monoisotopic (exact) mass is 353 g/mol. The number of para-hydroxylation sites is 2. The van der Waals surface area contributed by atoms with Crippen molar-refractivity contribution in [2.45, 2.75) is 6.54 Å². The van der Waals surface area contributed by atoms with Gasteiger partial charge in [0.1, 0.15) is 11.6 Å². The lowest BCUT2D eigenvalue weighted by Crippen LogP contribution is -2.02. The number of aromatic nitrogens is 2. The second kappa shape index (κ2) is 7.27. The van der Waals surface area contributed by atoms with Crippen LogP contribution in [0.2, 0.25) is 0 Å². The van der Waals surface area contributed by atoms with Crippen LogP contribution in [-0.2, 0) is 6.54 Å². The lowest BCUT2D eigenvalue weighted by molar-refractivity contribution is 0.626. The Bertz CT molecular complexity index is 1150. The number of hydrogen-bond donors (Lipinski definition) is 0. The molecule has 0 saturated carbocycles. The molecule has 0 aliphatic rings. The standard InChI is InChI=1S/C23H16FN3/c24-20-12-9-19(10-13-20)16-27-22-4-2-1-3-21(22)26-23(27)14-11-17-5-7-18(15-25)8-6-17/h1-14H,16H2. The van der Waals surface area contributed by atoms with Gasteiger partial charge >= 0.3 is 0 Å². The van der Waals surface area contributed by atoms with Crippen molar-refractivity contribution in [2.24, 2.45) is 0 Å². The van der Waals surface area contributed by atoms with Crippen LogP contribution in [0.15, 0.2) is 72.8 Å². The second-order valence-electron chi connectivity index (χ2n) is 6.24. The average molecular weight is 353 g/mol. The van der Waals surface area contributed by atoms with Gasteiger partial charge < -0.3 is 4.57 Å². The Labute approximate surface area is 156 Å². The largest absolute Gasteiger partial charge is 0.320 e. The zero-order valence-corrected chi connectivity index (χ0v) is 14.5. The van der Waals surface area contributed by atoms with Gasteiger partial charge in [-0.15, -0.1) is 0 Å². The molecule has 0 unspecified atom stereocenters. The van der Waals surface area contributed by atoms with E-state index in [1.54, 1.807) is 24.3 Å². The zero-order valence-electron chi connectivity index (χ0n) is 14.5. The third-order valence-electron chi connectivity index (χ3n) is 4.40. The molecule has 27 heavy (non-hydrogen) atoms. The van der Waals surface area contributed by atoms with Crippen molar-refractivity contribution in [2.75, 3.05) is 0 Å². The maximum absolute atomic E-state index is 13.2. The lowest BCUT2D eigenvalue weighted by Gasteiger charge is -2.07. The zero-order chi connectivity index (χ0) is 18.6. The molecule has 4 rings (SSSR count). The van der Waals surface area contributed by atoms with Crippen molar-refractivity contribution >= 4 is 23.2 Å². The van der Waals surface area contributed by atoms with Crippen molar-refractivity contribution in [1.82, 2.24) is 9.55 Å². The summed E-state index contributed by atoms with van der Waals surface area (Å²) in [7, 11) is 0. The topological polar surface area (TPSA) is 41.6 Å². The summed E-state index contributed by atoms with van der Waals surface area (Å²) in [6.07, 6.45) is 3.94. The van der Waals surface area contributed by atoms with E-state index in [2.05, 4.69) is 10.6 Å². The molecule has 0 aliphatic heterocycles. The van der Waals surface area contributed by atoms with Crippen LogP contribution >= 0.6 is 0 Å².